The maximum Gasteiger partial charge on any atom is 0.267 e. The molecular formula is C16H22N4O2. The summed E-state index contributed by atoms with van der Waals surface area (Å²) in [4.78, 5) is 14.4. The molecule has 2 aromatic rings. The molecule has 3 rings (SSSR count). The molecule has 0 saturated heterocycles. The number of nitrogens with zero attached hydrogens (tertiary/aromatic N) is 4. The Balaban J connectivity index is 1.79. The largest absolute Gasteiger partial charge is 0.361 e. The number of rotatable bonds is 4. The maximum atomic E-state index is 12.1. The third kappa shape index (κ3) is 2.83. The molecule has 0 aromatic carbocycles. The average Bonchev–Trinajstić information content (AvgIpc) is 2.80. The molecule has 2 aromatic heterocycles. The molecule has 1 aliphatic heterocycles. The molecule has 6 nitrogen and oxygen atoms in total. The Morgan fingerprint density at radius 3 is 2.86 bits per heavy atom. The van der Waals surface area contributed by atoms with Crippen LogP contribution in [0, 0.1) is 13.8 Å². The quantitative estimate of drug-likeness (QED) is 0.862. The molecule has 0 aliphatic carbocycles. The zero-order chi connectivity index (χ0) is 15.7. The van der Waals surface area contributed by atoms with E-state index in [0.29, 0.717) is 6.54 Å². The number of fused-ring (bicyclic) bond motifs is 1. The van der Waals surface area contributed by atoms with Crippen molar-refractivity contribution in [2.45, 2.75) is 53.2 Å². The van der Waals surface area contributed by atoms with Crippen molar-refractivity contribution in [3.05, 3.63) is 44.7 Å². The van der Waals surface area contributed by atoms with Gasteiger partial charge in [-0.15, -0.1) is 0 Å². The molecule has 0 fully saturated rings. The van der Waals surface area contributed by atoms with Gasteiger partial charge in [-0.2, -0.15) is 5.10 Å². The van der Waals surface area contributed by atoms with E-state index in [4.69, 9.17) is 4.52 Å². The topological polar surface area (TPSA) is 64.2 Å². The van der Waals surface area contributed by atoms with Crippen LogP contribution < -0.4 is 5.56 Å². The van der Waals surface area contributed by atoms with Crippen LogP contribution in [-0.2, 0) is 26.1 Å². The fraction of sp³-hybridized carbons (Fsp3) is 0.562. The van der Waals surface area contributed by atoms with Gasteiger partial charge in [0.15, 0.2) is 0 Å². The van der Waals surface area contributed by atoms with E-state index < -0.39 is 0 Å². The molecule has 0 radical (unpaired) electrons. The summed E-state index contributed by atoms with van der Waals surface area (Å²) in [6, 6.07) is 1.75. The highest BCUT2D eigenvalue weighted by atomic mass is 16.5. The molecule has 118 valence electrons. The van der Waals surface area contributed by atoms with E-state index in [2.05, 4.69) is 22.1 Å². The molecular weight excluding hydrogens is 280 g/mol. The van der Waals surface area contributed by atoms with Gasteiger partial charge in [-0.25, -0.2) is 4.68 Å². The van der Waals surface area contributed by atoms with Crippen LogP contribution in [-0.4, -0.2) is 26.4 Å². The van der Waals surface area contributed by atoms with Crippen molar-refractivity contribution in [1.29, 1.82) is 0 Å². The minimum atomic E-state index is -0.000195. The summed E-state index contributed by atoms with van der Waals surface area (Å²) in [7, 11) is 0. The molecule has 0 amide bonds. The normalized spacial score (nSPS) is 15.0. The first-order chi connectivity index (χ1) is 10.6. The molecule has 0 spiro atoms. The fourth-order valence-electron chi connectivity index (χ4n) is 2.96. The highest BCUT2D eigenvalue weighted by Gasteiger charge is 2.21. The molecule has 0 N–H and O–H groups in total. The number of hydrogen-bond donors (Lipinski definition) is 0. The molecule has 0 bridgehead atoms. The Labute approximate surface area is 129 Å². The minimum Gasteiger partial charge on any atom is -0.361 e. The van der Waals surface area contributed by atoms with Crippen molar-refractivity contribution in [3.8, 4) is 0 Å². The molecule has 6 heteroatoms. The van der Waals surface area contributed by atoms with Gasteiger partial charge in [0, 0.05) is 44.2 Å². The number of hydrogen-bond acceptors (Lipinski definition) is 5. The Morgan fingerprint density at radius 1 is 1.36 bits per heavy atom. The lowest BCUT2D eigenvalue weighted by Crippen LogP contribution is -2.34. The van der Waals surface area contributed by atoms with E-state index >= 15 is 0 Å². The lowest BCUT2D eigenvalue weighted by Gasteiger charge is -2.28. The van der Waals surface area contributed by atoms with Crippen LogP contribution in [0.15, 0.2) is 15.4 Å². The second-order valence-electron chi connectivity index (χ2n) is 5.94. The van der Waals surface area contributed by atoms with E-state index in [1.807, 2.05) is 13.8 Å². The van der Waals surface area contributed by atoms with Gasteiger partial charge in [0.2, 0.25) is 0 Å². The molecule has 0 saturated carbocycles. The van der Waals surface area contributed by atoms with E-state index in [9.17, 15) is 4.79 Å². The smallest absolute Gasteiger partial charge is 0.267 e. The first-order valence-corrected chi connectivity index (χ1v) is 7.82. The van der Waals surface area contributed by atoms with Gasteiger partial charge in [0.1, 0.15) is 5.76 Å². The van der Waals surface area contributed by atoms with Crippen molar-refractivity contribution in [2.75, 3.05) is 6.54 Å². The standard InChI is InChI=1S/C16H22N4O2/c1-4-6-20-16(21)8-13-9-19(7-5-15(13)17-20)10-14-11(2)18-22-12(14)3/h8H,4-7,9-10H2,1-3H3. The van der Waals surface area contributed by atoms with Crippen LogP contribution in [0.1, 0.15) is 41.6 Å². The Hall–Kier alpha value is -1.95. The van der Waals surface area contributed by atoms with E-state index in [-0.39, 0.29) is 5.56 Å². The lowest BCUT2D eigenvalue weighted by molar-refractivity contribution is 0.239. The summed E-state index contributed by atoms with van der Waals surface area (Å²) in [6.07, 6.45) is 1.80. The monoisotopic (exact) mass is 302 g/mol. The van der Waals surface area contributed by atoms with Gasteiger partial charge in [0.05, 0.1) is 11.4 Å². The Bertz CT molecular complexity index is 713. The third-order valence-corrected chi connectivity index (χ3v) is 4.22. The minimum absolute atomic E-state index is 0.000195. The van der Waals surface area contributed by atoms with Crippen LogP contribution >= 0.6 is 0 Å². The summed E-state index contributed by atoms with van der Waals surface area (Å²) < 4.78 is 6.81. The third-order valence-electron chi connectivity index (χ3n) is 4.22. The zero-order valence-corrected chi connectivity index (χ0v) is 13.4. The predicted octanol–water partition coefficient (Wildman–Crippen LogP) is 1.82. The summed E-state index contributed by atoms with van der Waals surface area (Å²) in [5.41, 5.74) is 4.20. The molecule has 3 heterocycles. The van der Waals surface area contributed by atoms with Gasteiger partial charge in [-0.05, 0) is 25.8 Å². The molecule has 0 atom stereocenters. The first kappa shape index (κ1) is 15.0. The van der Waals surface area contributed by atoms with Crippen molar-refractivity contribution in [1.82, 2.24) is 19.8 Å². The van der Waals surface area contributed by atoms with Crippen LogP contribution in [0.25, 0.3) is 0 Å². The van der Waals surface area contributed by atoms with Crippen molar-refractivity contribution >= 4 is 0 Å². The van der Waals surface area contributed by atoms with Crippen LogP contribution in [0.5, 0.6) is 0 Å². The summed E-state index contributed by atoms with van der Waals surface area (Å²) in [6.45, 7) is 9.16. The van der Waals surface area contributed by atoms with Gasteiger partial charge < -0.3 is 4.52 Å². The Morgan fingerprint density at radius 2 is 2.18 bits per heavy atom. The number of aromatic nitrogens is 3. The Kier molecular flexibility index (Phi) is 4.11. The van der Waals surface area contributed by atoms with Gasteiger partial charge >= 0.3 is 0 Å². The van der Waals surface area contributed by atoms with Crippen LogP contribution in [0.2, 0.25) is 0 Å². The second kappa shape index (κ2) is 6.04. The maximum absolute atomic E-state index is 12.1. The van der Waals surface area contributed by atoms with Crippen molar-refractivity contribution < 1.29 is 4.52 Å². The van der Waals surface area contributed by atoms with Crippen LogP contribution in [0.4, 0.5) is 0 Å². The van der Waals surface area contributed by atoms with E-state index in [1.54, 1.807) is 10.7 Å². The summed E-state index contributed by atoms with van der Waals surface area (Å²) in [5.74, 6) is 0.875. The molecule has 22 heavy (non-hydrogen) atoms. The average molecular weight is 302 g/mol. The predicted molar refractivity (Wildman–Crippen MR) is 82.6 cm³/mol. The fourth-order valence-corrected chi connectivity index (χ4v) is 2.96. The van der Waals surface area contributed by atoms with E-state index in [1.165, 1.54) is 0 Å². The van der Waals surface area contributed by atoms with Gasteiger partial charge in [-0.1, -0.05) is 12.1 Å². The summed E-state index contributed by atoms with van der Waals surface area (Å²) >= 11 is 0. The summed E-state index contributed by atoms with van der Waals surface area (Å²) in [5, 5.41) is 8.52. The molecule has 1 aliphatic rings. The number of aryl methyl sites for hydroxylation is 3. The SMILES string of the molecule is CCCn1nc2c(cc1=O)CN(Cc1c(C)noc1C)CC2. The molecule has 0 unspecified atom stereocenters. The second-order valence-corrected chi connectivity index (χ2v) is 5.94. The lowest BCUT2D eigenvalue weighted by atomic mass is 10.1. The zero-order valence-electron chi connectivity index (χ0n) is 13.4. The van der Waals surface area contributed by atoms with Crippen LogP contribution in [0.3, 0.4) is 0 Å². The van der Waals surface area contributed by atoms with Crippen molar-refractivity contribution in [2.24, 2.45) is 0 Å². The van der Waals surface area contributed by atoms with E-state index in [0.717, 1.165) is 60.8 Å². The van der Waals surface area contributed by atoms with Gasteiger partial charge in [0.25, 0.3) is 5.56 Å². The highest BCUT2D eigenvalue weighted by Crippen LogP contribution is 2.20. The van der Waals surface area contributed by atoms with Crippen molar-refractivity contribution in [3.63, 3.8) is 0 Å². The highest BCUT2D eigenvalue weighted by molar-refractivity contribution is 5.24. The first-order valence-electron chi connectivity index (χ1n) is 7.82. The van der Waals surface area contributed by atoms with Gasteiger partial charge in [-0.3, -0.25) is 9.69 Å².